The van der Waals surface area contributed by atoms with Crippen LogP contribution in [0.15, 0.2) is 59.9 Å². The number of hydrogen-bond donors (Lipinski definition) is 3. The molecule has 166 valence electrons. The molecular weight excluding hydrogens is 430 g/mol. The van der Waals surface area contributed by atoms with Crippen molar-refractivity contribution in [1.82, 2.24) is 14.7 Å². The molecule has 3 aromatic rings. The first kappa shape index (κ1) is 21.9. The van der Waals surface area contributed by atoms with Crippen molar-refractivity contribution < 1.29 is 18.3 Å². The Morgan fingerprint density at radius 3 is 2.59 bits per heavy atom. The van der Waals surface area contributed by atoms with Crippen molar-refractivity contribution in [2.45, 2.75) is 17.7 Å². The van der Waals surface area contributed by atoms with Crippen molar-refractivity contribution >= 4 is 21.9 Å². The van der Waals surface area contributed by atoms with Crippen LogP contribution >= 0.6 is 0 Å². The molecule has 32 heavy (non-hydrogen) atoms. The minimum Gasteiger partial charge on any atom is -0.395 e. The van der Waals surface area contributed by atoms with Crippen LogP contribution in [-0.4, -0.2) is 49.2 Å². The summed E-state index contributed by atoms with van der Waals surface area (Å²) in [6, 6.07) is 9.92. The Kier molecular flexibility index (Phi) is 6.17. The number of primary amides is 1. The number of fused-ring (bicyclic) bond motifs is 1. The highest BCUT2D eigenvalue weighted by atomic mass is 32.2. The number of nitrogens with two attached hydrogens (primary N) is 1. The van der Waals surface area contributed by atoms with Crippen LogP contribution in [0.3, 0.4) is 0 Å². The monoisotopic (exact) mass is 453 g/mol. The smallest absolute Gasteiger partial charge is 0.320 e. The number of carbonyl (C=O) groups excluding carboxylic acids is 1. The third-order valence-corrected chi connectivity index (χ3v) is 6.70. The van der Waals surface area contributed by atoms with E-state index >= 15 is 0 Å². The van der Waals surface area contributed by atoms with Crippen LogP contribution in [-0.2, 0) is 16.4 Å². The van der Waals surface area contributed by atoms with Crippen molar-refractivity contribution in [3.8, 4) is 22.3 Å². The molecule has 4 rings (SSSR count). The Morgan fingerprint density at radius 1 is 1.09 bits per heavy atom. The van der Waals surface area contributed by atoms with Crippen LogP contribution in [0.25, 0.3) is 22.3 Å². The van der Waals surface area contributed by atoms with Gasteiger partial charge in [-0.05, 0) is 48.2 Å². The molecule has 0 saturated carbocycles. The quantitative estimate of drug-likeness (QED) is 0.521. The lowest BCUT2D eigenvalue weighted by molar-refractivity contribution is 0.253. The molecule has 2 aromatic heterocycles. The number of pyridine rings is 2. The number of nitrogens with zero attached hydrogens (tertiary/aromatic N) is 3. The van der Waals surface area contributed by atoms with Gasteiger partial charge in [0.25, 0.3) is 0 Å². The summed E-state index contributed by atoms with van der Waals surface area (Å²) in [5.41, 5.74) is 9.51. The van der Waals surface area contributed by atoms with Crippen molar-refractivity contribution in [2.24, 2.45) is 5.73 Å². The number of carbonyl (C=O) groups is 1. The van der Waals surface area contributed by atoms with E-state index in [9.17, 15) is 13.2 Å². The Labute approximate surface area is 186 Å². The number of aryl methyl sites for hydroxylation is 1. The molecule has 0 unspecified atom stereocenters. The minimum atomic E-state index is -3.72. The molecule has 9 nitrogen and oxygen atoms in total. The van der Waals surface area contributed by atoms with E-state index in [1.807, 2.05) is 18.2 Å². The molecule has 10 heteroatoms. The Balaban J connectivity index is 1.67. The van der Waals surface area contributed by atoms with E-state index in [0.29, 0.717) is 17.9 Å². The largest absolute Gasteiger partial charge is 0.395 e. The molecule has 0 atom stereocenters. The molecule has 4 N–H and O–H groups in total. The third kappa shape index (κ3) is 4.47. The number of aliphatic hydroxyl groups is 1. The van der Waals surface area contributed by atoms with E-state index in [2.05, 4.69) is 14.7 Å². The van der Waals surface area contributed by atoms with Crippen LogP contribution in [0.5, 0.6) is 0 Å². The lowest BCUT2D eigenvalue weighted by atomic mass is 9.99. The standard InChI is InChI=1S/C22H23N5O4S/c23-22(29)27-7-2-4-16-9-19(14-25-21(16)27)18-10-17(12-24-13-18)15-3-1-5-20(11-15)32(30,31)26-6-8-28/h1,3,5,9-14,26,28H,2,4,6-8H2,(H2,23,29). The molecule has 1 aliphatic heterocycles. The fraction of sp³-hybridized carbons (Fsp3) is 0.227. The molecule has 0 bridgehead atoms. The van der Waals surface area contributed by atoms with Crippen molar-refractivity contribution in [3.05, 3.63) is 60.6 Å². The fourth-order valence-corrected chi connectivity index (χ4v) is 4.76. The average Bonchev–Trinajstić information content (AvgIpc) is 2.82. The van der Waals surface area contributed by atoms with Gasteiger partial charge in [0.1, 0.15) is 5.82 Å². The predicted molar refractivity (Wildman–Crippen MR) is 120 cm³/mol. The van der Waals surface area contributed by atoms with Crippen molar-refractivity contribution in [3.63, 3.8) is 0 Å². The van der Waals surface area contributed by atoms with Gasteiger partial charge >= 0.3 is 6.03 Å². The maximum atomic E-state index is 12.4. The molecule has 0 aliphatic carbocycles. The Bertz CT molecular complexity index is 1260. The zero-order chi connectivity index (χ0) is 22.7. The van der Waals surface area contributed by atoms with E-state index in [1.165, 1.54) is 11.0 Å². The Morgan fingerprint density at radius 2 is 1.84 bits per heavy atom. The number of aliphatic hydroxyl groups excluding tert-OH is 1. The number of amides is 2. The summed E-state index contributed by atoms with van der Waals surface area (Å²) in [5, 5.41) is 8.90. The SMILES string of the molecule is NC(=O)N1CCCc2cc(-c3cncc(-c4cccc(S(=O)(=O)NCCO)c4)c3)cnc21. The summed E-state index contributed by atoms with van der Waals surface area (Å²) in [7, 11) is -3.72. The number of urea groups is 1. The second-order valence-electron chi connectivity index (χ2n) is 7.41. The van der Waals surface area contributed by atoms with E-state index in [1.54, 1.807) is 30.7 Å². The summed E-state index contributed by atoms with van der Waals surface area (Å²) in [5.74, 6) is 0.588. The summed E-state index contributed by atoms with van der Waals surface area (Å²) in [6.07, 6.45) is 6.67. The van der Waals surface area contributed by atoms with Crippen molar-refractivity contribution in [2.75, 3.05) is 24.6 Å². The number of aromatic nitrogens is 2. The zero-order valence-corrected chi connectivity index (χ0v) is 18.0. The summed E-state index contributed by atoms with van der Waals surface area (Å²) in [4.78, 5) is 22.0. The van der Waals surface area contributed by atoms with E-state index in [0.717, 1.165) is 35.1 Å². The van der Waals surface area contributed by atoms with E-state index < -0.39 is 16.1 Å². The van der Waals surface area contributed by atoms with Crippen LogP contribution in [0.4, 0.5) is 10.6 Å². The minimum absolute atomic E-state index is 0.0535. The molecule has 0 spiro atoms. The fourth-order valence-electron chi connectivity index (χ4n) is 3.70. The first-order valence-electron chi connectivity index (χ1n) is 10.1. The molecule has 3 heterocycles. The highest BCUT2D eigenvalue weighted by Crippen LogP contribution is 2.31. The third-order valence-electron chi connectivity index (χ3n) is 5.25. The van der Waals surface area contributed by atoms with Gasteiger partial charge in [-0.3, -0.25) is 9.88 Å². The topological polar surface area (TPSA) is 139 Å². The van der Waals surface area contributed by atoms with Gasteiger partial charge < -0.3 is 10.8 Å². The zero-order valence-electron chi connectivity index (χ0n) is 17.2. The van der Waals surface area contributed by atoms with Crippen LogP contribution in [0.2, 0.25) is 0 Å². The highest BCUT2D eigenvalue weighted by molar-refractivity contribution is 7.89. The van der Waals surface area contributed by atoms with Gasteiger partial charge in [0.2, 0.25) is 10.0 Å². The maximum Gasteiger partial charge on any atom is 0.320 e. The molecule has 1 aromatic carbocycles. The van der Waals surface area contributed by atoms with E-state index in [-0.39, 0.29) is 18.0 Å². The summed E-state index contributed by atoms with van der Waals surface area (Å²) < 4.78 is 27.1. The molecule has 0 fully saturated rings. The molecule has 1 aliphatic rings. The van der Waals surface area contributed by atoms with Gasteiger partial charge in [-0.2, -0.15) is 0 Å². The average molecular weight is 454 g/mol. The predicted octanol–water partition coefficient (Wildman–Crippen LogP) is 1.91. The number of nitrogens with one attached hydrogen (secondary N) is 1. The van der Waals surface area contributed by atoms with Gasteiger partial charge in [0.05, 0.1) is 11.5 Å². The van der Waals surface area contributed by atoms with Crippen LogP contribution < -0.4 is 15.4 Å². The lowest BCUT2D eigenvalue weighted by Crippen LogP contribution is -2.40. The van der Waals surface area contributed by atoms with Crippen LogP contribution in [0.1, 0.15) is 12.0 Å². The summed E-state index contributed by atoms with van der Waals surface area (Å²) >= 11 is 0. The number of benzene rings is 1. The highest BCUT2D eigenvalue weighted by Gasteiger charge is 2.22. The molecular formula is C22H23N5O4S. The van der Waals surface area contributed by atoms with Crippen LogP contribution in [0, 0.1) is 0 Å². The van der Waals surface area contributed by atoms with Gasteiger partial charge in [-0.15, -0.1) is 0 Å². The lowest BCUT2D eigenvalue weighted by Gasteiger charge is -2.26. The number of anilines is 1. The Hall–Kier alpha value is -3.34. The molecule has 0 saturated heterocycles. The second-order valence-corrected chi connectivity index (χ2v) is 9.18. The van der Waals surface area contributed by atoms with Gasteiger partial charge in [-0.25, -0.2) is 22.9 Å². The molecule has 2 amide bonds. The normalized spacial score (nSPS) is 13.6. The van der Waals surface area contributed by atoms with Gasteiger partial charge in [-0.1, -0.05) is 12.1 Å². The first-order chi connectivity index (χ1) is 15.4. The molecule has 0 radical (unpaired) electrons. The van der Waals surface area contributed by atoms with E-state index in [4.69, 9.17) is 10.8 Å². The second kappa shape index (κ2) is 9.03. The summed E-state index contributed by atoms with van der Waals surface area (Å²) in [6.45, 7) is 0.219. The van der Waals surface area contributed by atoms with Gasteiger partial charge in [0.15, 0.2) is 0 Å². The first-order valence-corrected chi connectivity index (χ1v) is 11.6. The maximum absolute atomic E-state index is 12.4. The van der Waals surface area contributed by atoms with Crippen molar-refractivity contribution in [1.29, 1.82) is 0 Å². The number of sulfonamides is 1. The number of rotatable bonds is 6. The number of hydrogen-bond acceptors (Lipinski definition) is 6. The van der Waals surface area contributed by atoms with Gasteiger partial charge in [0, 0.05) is 48.4 Å².